The van der Waals surface area contributed by atoms with Crippen LogP contribution in [0.25, 0.3) is 10.2 Å². The van der Waals surface area contributed by atoms with Crippen molar-refractivity contribution in [3.05, 3.63) is 11.4 Å². The van der Waals surface area contributed by atoms with E-state index in [1.54, 1.807) is 11.3 Å². The maximum Gasteiger partial charge on any atom is 0.223 e. The lowest BCUT2D eigenvalue weighted by Gasteiger charge is -2.15. The second-order valence-electron chi connectivity index (χ2n) is 4.90. The number of rotatable bonds is 5. The van der Waals surface area contributed by atoms with Crippen LogP contribution in [0.15, 0.2) is 11.4 Å². The highest BCUT2D eigenvalue weighted by Crippen LogP contribution is 2.48. The van der Waals surface area contributed by atoms with Crippen molar-refractivity contribution in [2.45, 2.75) is 19.3 Å². The molecule has 4 N–H and O–H groups in total. The topological polar surface area (TPSA) is 84.1 Å². The Kier molecular flexibility index (Phi) is 2.83. The number of aliphatic hydroxyl groups excluding tert-OH is 1. The molecule has 0 saturated heterocycles. The number of nitrogens with two attached hydrogens (primary N) is 1. The zero-order chi connectivity index (χ0) is 12.6. The van der Waals surface area contributed by atoms with Gasteiger partial charge in [-0.25, -0.2) is 4.98 Å². The fraction of sp³-hybridized carbons (Fsp3) is 0.500. The van der Waals surface area contributed by atoms with Crippen LogP contribution in [-0.2, 0) is 0 Å². The second kappa shape index (κ2) is 4.37. The minimum atomic E-state index is 0.251. The molecule has 5 nitrogen and oxygen atoms in total. The lowest BCUT2D eigenvalue weighted by atomic mass is 10.0. The molecule has 0 aliphatic heterocycles. The third-order valence-electron chi connectivity index (χ3n) is 3.57. The lowest BCUT2D eigenvalue weighted by Crippen LogP contribution is -2.17. The first kappa shape index (κ1) is 11.7. The molecular formula is C12H16N4OS. The van der Waals surface area contributed by atoms with Crippen molar-refractivity contribution in [2.24, 2.45) is 5.41 Å². The van der Waals surface area contributed by atoms with Gasteiger partial charge in [0, 0.05) is 13.2 Å². The van der Waals surface area contributed by atoms with E-state index in [9.17, 15) is 0 Å². The molecular weight excluding hydrogens is 248 g/mol. The molecule has 1 aliphatic carbocycles. The Labute approximate surface area is 109 Å². The van der Waals surface area contributed by atoms with Gasteiger partial charge in [-0.05, 0) is 36.1 Å². The summed E-state index contributed by atoms with van der Waals surface area (Å²) >= 11 is 1.56. The molecule has 1 aliphatic rings. The molecule has 0 radical (unpaired) electrons. The summed E-state index contributed by atoms with van der Waals surface area (Å²) in [5.74, 6) is 1.11. The number of nitrogen functional groups attached to an aromatic ring is 1. The van der Waals surface area contributed by atoms with Gasteiger partial charge in [0.2, 0.25) is 5.95 Å². The Balaban J connectivity index is 1.80. The third kappa shape index (κ3) is 2.13. The number of fused-ring (bicyclic) bond motifs is 1. The number of aliphatic hydroxyl groups is 1. The van der Waals surface area contributed by atoms with Gasteiger partial charge in [-0.15, -0.1) is 11.3 Å². The van der Waals surface area contributed by atoms with Gasteiger partial charge in [0.15, 0.2) is 0 Å². The highest BCUT2D eigenvalue weighted by molar-refractivity contribution is 7.16. The van der Waals surface area contributed by atoms with Crippen molar-refractivity contribution in [3.63, 3.8) is 0 Å². The van der Waals surface area contributed by atoms with Crippen molar-refractivity contribution in [1.82, 2.24) is 9.97 Å². The van der Waals surface area contributed by atoms with E-state index in [2.05, 4.69) is 15.3 Å². The van der Waals surface area contributed by atoms with Gasteiger partial charge in [0.1, 0.15) is 10.6 Å². The molecule has 0 aromatic carbocycles. The summed E-state index contributed by atoms with van der Waals surface area (Å²) in [6, 6.07) is 2.01. The number of thiophene rings is 1. The molecule has 0 spiro atoms. The first-order chi connectivity index (χ1) is 8.72. The van der Waals surface area contributed by atoms with Gasteiger partial charge in [-0.3, -0.25) is 0 Å². The van der Waals surface area contributed by atoms with Crippen LogP contribution in [0.3, 0.4) is 0 Å². The minimum absolute atomic E-state index is 0.251. The largest absolute Gasteiger partial charge is 0.396 e. The SMILES string of the molecule is Nc1nc(NCC2(CCO)CC2)c2ccsc2n1. The van der Waals surface area contributed by atoms with E-state index in [-0.39, 0.29) is 12.0 Å². The summed E-state index contributed by atoms with van der Waals surface area (Å²) in [5.41, 5.74) is 5.96. The van der Waals surface area contributed by atoms with Gasteiger partial charge in [-0.1, -0.05) is 0 Å². The van der Waals surface area contributed by atoms with E-state index in [1.165, 1.54) is 12.8 Å². The molecule has 2 aromatic rings. The van der Waals surface area contributed by atoms with Crippen LogP contribution in [0, 0.1) is 5.41 Å². The molecule has 0 amide bonds. The molecule has 0 atom stereocenters. The number of aromatic nitrogens is 2. The Hall–Kier alpha value is -1.40. The first-order valence-corrected chi connectivity index (χ1v) is 6.96. The molecule has 1 fully saturated rings. The minimum Gasteiger partial charge on any atom is -0.396 e. The van der Waals surface area contributed by atoms with Crippen LogP contribution in [0.2, 0.25) is 0 Å². The molecule has 2 heterocycles. The van der Waals surface area contributed by atoms with Gasteiger partial charge in [-0.2, -0.15) is 4.98 Å². The molecule has 18 heavy (non-hydrogen) atoms. The van der Waals surface area contributed by atoms with Crippen LogP contribution < -0.4 is 11.1 Å². The zero-order valence-electron chi connectivity index (χ0n) is 10.0. The predicted molar refractivity (Wildman–Crippen MR) is 73.7 cm³/mol. The maximum absolute atomic E-state index is 9.05. The third-order valence-corrected chi connectivity index (χ3v) is 4.38. The van der Waals surface area contributed by atoms with Crippen LogP contribution in [-0.4, -0.2) is 28.2 Å². The fourth-order valence-corrected chi connectivity index (χ4v) is 2.98. The van der Waals surface area contributed by atoms with Gasteiger partial charge < -0.3 is 16.2 Å². The number of hydrogen-bond acceptors (Lipinski definition) is 6. The highest BCUT2D eigenvalue weighted by atomic mass is 32.1. The summed E-state index contributed by atoms with van der Waals surface area (Å²) < 4.78 is 0. The van der Waals surface area contributed by atoms with E-state index in [4.69, 9.17) is 10.8 Å². The number of hydrogen-bond donors (Lipinski definition) is 3. The lowest BCUT2D eigenvalue weighted by molar-refractivity contribution is 0.253. The standard InChI is InChI=1S/C12H16N4OS/c13-11-15-9(8-1-6-18-10(8)16-11)14-7-12(2-3-12)4-5-17/h1,6,17H,2-5,7H2,(H3,13,14,15,16). The molecule has 1 saturated carbocycles. The smallest absolute Gasteiger partial charge is 0.223 e. The summed E-state index contributed by atoms with van der Waals surface area (Å²) in [4.78, 5) is 9.38. The average Bonchev–Trinajstić information content (AvgIpc) is 2.94. The van der Waals surface area contributed by atoms with Crippen LogP contribution in [0.1, 0.15) is 19.3 Å². The fourth-order valence-electron chi connectivity index (χ4n) is 2.21. The normalized spacial score (nSPS) is 16.9. The Morgan fingerprint density at radius 3 is 3.00 bits per heavy atom. The van der Waals surface area contributed by atoms with Gasteiger partial charge in [0.25, 0.3) is 0 Å². The Morgan fingerprint density at radius 1 is 1.44 bits per heavy atom. The monoisotopic (exact) mass is 264 g/mol. The van der Waals surface area contributed by atoms with Crippen LogP contribution >= 0.6 is 11.3 Å². The highest BCUT2D eigenvalue weighted by Gasteiger charge is 2.41. The maximum atomic E-state index is 9.05. The van der Waals surface area contributed by atoms with E-state index >= 15 is 0 Å². The first-order valence-electron chi connectivity index (χ1n) is 6.08. The summed E-state index contributed by atoms with van der Waals surface area (Å²) in [6.07, 6.45) is 3.20. The predicted octanol–water partition coefficient (Wildman–Crippen LogP) is 1.85. The van der Waals surface area contributed by atoms with Gasteiger partial charge in [0.05, 0.1) is 5.39 Å². The molecule has 3 rings (SSSR count). The molecule has 0 unspecified atom stereocenters. The summed E-state index contributed by atoms with van der Waals surface area (Å²) in [6.45, 7) is 1.09. The average molecular weight is 264 g/mol. The number of anilines is 2. The summed E-state index contributed by atoms with van der Waals surface area (Å²) in [5, 5.41) is 15.4. The van der Waals surface area contributed by atoms with Crippen molar-refractivity contribution >= 4 is 33.3 Å². The molecule has 6 heteroatoms. The van der Waals surface area contributed by atoms with E-state index in [0.29, 0.717) is 5.95 Å². The molecule has 0 bridgehead atoms. The van der Waals surface area contributed by atoms with E-state index < -0.39 is 0 Å². The van der Waals surface area contributed by atoms with Crippen molar-refractivity contribution in [2.75, 3.05) is 24.2 Å². The summed E-state index contributed by atoms with van der Waals surface area (Å²) in [7, 11) is 0. The zero-order valence-corrected chi connectivity index (χ0v) is 10.8. The van der Waals surface area contributed by atoms with Crippen LogP contribution in [0.5, 0.6) is 0 Å². The van der Waals surface area contributed by atoms with Crippen molar-refractivity contribution in [3.8, 4) is 0 Å². The van der Waals surface area contributed by atoms with E-state index in [1.807, 2.05) is 11.4 Å². The second-order valence-corrected chi connectivity index (χ2v) is 5.79. The van der Waals surface area contributed by atoms with Crippen LogP contribution in [0.4, 0.5) is 11.8 Å². The van der Waals surface area contributed by atoms with Crippen molar-refractivity contribution < 1.29 is 5.11 Å². The molecule has 96 valence electrons. The Morgan fingerprint density at radius 2 is 2.28 bits per heavy atom. The van der Waals surface area contributed by atoms with Gasteiger partial charge >= 0.3 is 0 Å². The Bertz CT molecular complexity index is 564. The number of nitrogens with zero attached hydrogens (tertiary/aromatic N) is 2. The van der Waals surface area contributed by atoms with Crippen molar-refractivity contribution in [1.29, 1.82) is 0 Å². The van der Waals surface area contributed by atoms with E-state index in [0.717, 1.165) is 29.0 Å². The quantitative estimate of drug-likeness (QED) is 0.767. The number of nitrogens with one attached hydrogen (secondary N) is 1. The molecule has 2 aromatic heterocycles.